The van der Waals surface area contributed by atoms with Gasteiger partial charge in [0.15, 0.2) is 0 Å². The number of amides is 1. The highest BCUT2D eigenvalue weighted by atomic mass is 16.6. The van der Waals surface area contributed by atoms with E-state index in [9.17, 15) is 4.79 Å². The van der Waals surface area contributed by atoms with Crippen LogP contribution in [0, 0.1) is 5.92 Å². The molecule has 3 saturated heterocycles. The molecule has 6 nitrogen and oxygen atoms in total. The molecule has 0 spiro atoms. The van der Waals surface area contributed by atoms with Crippen molar-refractivity contribution in [2.24, 2.45) is 5.92 Å². The standard InChI is InChI=1S/C18H21N3O3/c19-14-3-1-2-13(10-14)16-4-5-17(23-16)24-18(22)20-15-11-21-8-6-12(15)7-9-21/h1-5,10,12,15H,6-9,11,19H2,(H,20,22)/t15-/m0/s1. The average molecular weight is 327 g/mol. The number of ether oxygens (including phenoxy) is 1. The predicted octanol–water partition coefficient (Wildman–Crippen LogP) is 2.71. The van der Waals surface area contributed by atoms with Gasteiger partial charge in [0, 0.05) is 29.9 Å². The van der Waals surface area contributed by atoms with E-state index < -0.39 is 6.09 Å². The van der Waals surface area contributed by atoms with Gasteiger partial charge in [-0.3, -0.25) is 0 Å². The van der Waals surface area contributed by atoms with Crippen LogP contribution in [-0.2, 0) is 0 Å². The third-order valence-electron chi connectivity index (χ3n) is 4.91. The molecule has 24 heavy (non-hydrogen) atoms. The minimum Gasteiger partial charge on any atom is -0.425 e. The highest BCUT2D eigenvalue weighted by Gasteiger charge is 2.35. The van der Waals surface area contributed by atoms with Gasteiger partial charge in [-0.1, -0.05) is 12.1 Å². The molecule has 3 fully saturated rings. The summed E-state index contributed by atoms with van der Waals surface area (Å²) in [5, 5.41) is 2.97. The Hall–Kier alpha value is -2.47. The molecule has 0 aliphatic carbocycles. The molecule has 4 heterocycles. The second-order valence-corrected chi connectivity index (χ2v) is 6.52. The second kappa shape index (κ2) is 6.20. The summed E-state index contributed by atoms with van der Waals surface area (Å²) in [4.78, 5) is 14.5. The molecule has 1 aromatic heterocycles. The molecule has 5 rings (SSSR count). The largest absolute Gasteiger partial charge is 0.425 e. The fraction of sp³-hybridized carbons (Fsp3) is 0.389. The Morgan fingerprint density at radius 2 is 2.08 bits per heavy atom. The maximum Gasteiger partial charge on any atom is 0.415 e. The molecule has 2 aromatic rings. The van der Waals surface area contributed by atoms with Crippen molar-refractivity contribution in [2.75, 3.05) is 25.4 Å². The van der Waals surface area contributed by atoms with E-state index in [0.29, 0.717) is 17.4 Å². The first kappa shape index (κ1) is 15.1. The van der Waals surface area contributed by atoms with E-state index in [4.69, 9.17) is 14.9 Å². The van der Waals surface area contributed by atoms with Crippen LogP contribution in [0.4, 0.5) is 10.5 Å². The van der Waals surface area contributed by atoms with Gasteiger partial charge in [-0.2, -0.15) is 0 Å². The number of benzene rings is 1. The van der Waals surface area contributed by atoms with Crippen molar-refractivity contribution in [3.05, 3.63) is 36.4 Å². The number of nitrogens with two attached hydrogens (primary N) is 1. The minimum atomic E-state index is -0.456. The summed E-state index contributed by atoms with van der Waals surface area (Å²) in [5.74, 6) is 1.36. The molecule has 3 aliphatic heterocycles. The molecule has 3 N–H and O–H groups in total. The number of furan rings is 1. The first-order chi connectivity index (χ1) is 11.7. The SMILES string of the molecule is Nc1cccc(-c2ccc(OC(=O)N[C@H]3CN4CCC3CC4)o2)c1. The van der Waals surface area contributed by atoms with Gasteiger partial charge in [0.1, 0.15) is 5.76 Å². The number of nitrogens with one attached hydrogen (secondary N) is 1. The van der Waals surface area contributed by atoms with Gasteiger partial charge in [0.05, 0.1) is 0 Å². The second-order valence-electron chi connectivity index (χ2n) is 6.52. The van der Waals surface area contributed by atoms with E-state index in [1.165, 1.54) is 0 Å². The highest BCUT2D eigenvalue weighted by Crippen LogP contribution is 2.29. The Bertz CT molecular complexity index is 735. The maximum atomic E-state index is 12.1. The van der Waals surface area contributed by atoms with Crippen molar-refractivity contribution >= 4 is 11.8 Å². The van der Waals surface area contributed by atoms with Crippen LogP contribution in [0.1, 0.15) is 12.8 Å². The van der Waals surface area contributed by atoms with Crippen LogP contribution in [0.2, 0.25) is 0 Å². The summed E-state index contributed by atoms with van der Waals surface area (Å²) < 4.78 is 10.9. The van der Waals surface area contributed by atoms with E-state index in [1.807, 2.05) is 24.3 Å². The summed E-state index contributed by atoms with van der Waals surface area (Å²) in [7, 11) is 0. The zero-order chi connectivity index (χ0) is 16.5. The number of fused-ring (bicyclic) bond motifs is 3. The zero-order valence-electron chi connectivity index (χ0n) is 13.4. The third-order valence-corrected chi connectivity index (χ3v) is 4.91. The average Bonchev–Trinajstić information content (AvgIpc) is 3.04. The van der Waals surface area contributed by atoms with Gasteiger partial charge < -0.3 is 25.1 Å². The van der Waals surface area contributed by atoms with Crippen molar-refractivity contribution in [2.45, 2.75) is 18.9 Å². The fourth-order valence-electron chi connectivity index (χ4n) is 3.62. The van der Waals surface area contributed by atoms with E-state index in [-0.39, 0.29) is 12.0 Å². The molecule has 2 bridgehead atoms. The Morgan fingerprint density at radius 1 is 1.25 bits per heavy atom. The van der Waals surface area contributed by atoms with Gasteiger partial charge in [-0.15, -0.1) is 0 Å². The highest BCUT2D eigenvalue weighted by molar-refractivity contribution is 5.71. The van der Waals surface area contributed by atoms with E-state index in [0.717, 1.165) is 38.0 Å². The van der Waals surface area contributed by atoms with Gasteiger partial charge in [0.25, 0.3) is 5.95 Å². The lowest BCUT2D eigenvalue weighted by Gasteiger charge is -2.44. The molecule has 3 aliphatic rings. The summed E-state index contributed by atoms with van der Waals surface area (Å²) in [6.45, 7) is 3.19. The molecule has 0 unspecified atom stereocenters. The molecule has 0 radical (unpaired) electrons. The van der Waals surface area contributed by atoms with Crippen LogP contribution in [0.3, 0.4) is 0 Å². The lowest BCUT2D eigenvalue weighted by Crippen LogP contribution is -2.57. The Morgan fingerprint density at radius 3 is 2.79 bits per heavy atom. The number of nitrogen functional groups attached to an aromatic ring is 1. The van der Waals surface area contributed by atoms with Crippen LogP contribution < -0.4 is 15.8 Å². The normalized spacial score (nSPS) is 25.4. The predicted molar refractivity (Wildman–Crippen MR) is 90.7 cm³/mol. The smallest absolute Gasteiger partial charge is 0.415 e. The Labute approximate surface area is 140 Å². The van der Waals surface area contributed by atoms with Crippen molar-refractivity contribution in [1.29, 1.82) is 0 Å². The summed E-state index contributed by atoms with van der Waals surface area (Å²) in [6, 6.07) is 11.0. The quantitative estimate of drug-likeness (QED) is 0.847. The van der Waals surface area contributed by atoms with Crippen molar-refractivity contribution in [1.82, 2.24) is 10.2 Å². The maximum absolute atomic E-state index is 12.1. The fourth-order valence-corrected chi connectivity index (χ4v) is 3.62. The molecule has 1 aromatic carbocycles. The topological polar surface area (TPSA) is 80.7 Å². The van der Waals surface area contributed by atoms with Crippen LogP contribution >= 0.6 is 0 Å². The van der Waals surface area contributed by atoms with E-state index in [1.54, 1.807) is 12.1 Å². The summed E-state index contributed by atoms with van der Waals surface area (Å²) in [5.41, 5.74) is 7.28. The lowest BCUT2D eigenvalue weighted by molar-refractivity contribution is 0.0715. The molecule has 0 saturated carbocycles. The number of hydrogen-bond acceptors (Lipinski definition) is 5. The van der Waals surface area contributed by atoms with E-state index in [2.05, 4.69) is 10.2 Å². The van der Waals surface area contributed by atoms with Gasteiger partial charge in [-0.05, 0) is 50.0 Å². The number of carbonyl (C=O) groups excluding carboxylic acids is 1. The lowest BCUT2D eigenvalue weighted by atomic mass is 9.84. The molecule has 1 atom stereocenters. The van der Waals surface area contributed by atoms with Crippen LogP contribution in [0.5, 0.6) is 5.95 Å². The molecule has 6 heteroatoms. The molecule has 126 valence electrons. The summed E-state index contributed by atoms with van der Waals surface area (Å²) >= 11 is 0. The number of piperidine rings is 3. The Balaban J connectivity index is 1.38. The number of carbonyl (C=O) groups is 1. The first-order valence-corrected chi connectivity index (χ1v) is 8.34. The van der Waals surface area contributed by atoms with Gasteiger partial charge in [0.2, 0.25) is 0 Å². The monoisotopic (exact) mass is 327 g/mol. The number of anilines is 1. The molecular formula is C18H21N3O3. The van der Waals surface area contributed by atoms with Gasteiger partial charge >= 0.3 is 6.09 Å². The zero-order valence-corrected chi connectivity index (χ0v) is 13.4. The number of nitrogens with zero attached hydrogens (tertiary/aromatic N) is 1. The van der Waals surface area contributed by atoms with Crippen LogP contribution in [0.15, 0.2) is 40.8 Å². The van der Waals surface area contributed by atoms with Crippen LogP contribution in [-0.4, -0.2) is 36.7 Å². The van der Waals surface area contributed by atoms with Crippen molar-refractivity contribution in [3.8, 4) is 17.3 Å². The Kier molecular flexibility index (Phi) is 3.90. The summed E-state index contributed by atoms with van der Waals surface area (Å²) in [6.07, 6.45) is 1.83. The van der Waals surface area contributed by atoms with Gasteiger partial charge in [-0.25, -0.2) is 4.79 Å². The molecular weight excluding hydrogens is 306 g/mol. The molecule has 1 amide bonds. The first-order valence-electron chi connectivity index (χ1n) is 8.34. The van der Waals surface area contributed by atoms with Crippen molar-refractivity contribution in [3.63, 3.8) is 0 Å². The minimum absolute atomic E-state index is 0.170. The van der Waals surface area contributed by atoms with Crippen molar-refractivity contribution < 1.29 is 13.9 Å². The number of hydrogen-bond donors (Lipinski definition) is 2. The third kappa shape index (κ3) is 3.10. The van der Waals surface area contributed by atoms with E-state index >= 15 is 0 Å². The van der Waals surface area contributed by atoms with Crippen LogP contribution in [0.25, 0.3) is 11.3 Å². The number of rotatable bonds is 3.